The summed E-state index contributed by atoms with van der Waals surface area (Å²) in [5, 5.41) is 2.21. The summed E-state index contributed by atoms with van der Waals surface area (Å²) >= 11 is 0. The Balaban J connectivity index is 2.20. The molecule has 0 aromatic heterocycles. The molecule has 0 spiro atoms. The lowest BCUT2D eigenvalue weighted by atomic mass is 10.1. The first kappa shape index (κ1) is 6.99. The molecule has 3 N–H and O–H groups in total. The number of hydrazine groups is 1. The second kappa shape index (κ2) is 3.15. The molecule has 1 heterocycles. The van der Waals surface area contributed by atoms with Crippen LogP contribution in [0.4, 0.5) is 0 Å². The topological polar surface area (TPSA) is 41.3 Å². The maximum Gasteiger partial charge on any atom is 0.0171 e. The highest BCUT2D eigenvalue weighted by molar-refractivity contribution is 4.72. The number of nitrogens with one attached hydrogen (secondary N) is 1. The van der Waals surface area contributed by atoms with Crippen molar-refractivity contribution in [3.8, 4) is 0 Å². The first-order valence-electron chi connectivity index (χ1n) is 3.49. The maximum absolute atomic E-state index is 5.50. The summed E-state index contributed by atoms with van der Waals surface area (Å²) in [6.07, 6.45) is 1.25. The minimum atomic E-state index is 0.720. The Bertz CT molecular complexity index is 74.4. The minimum Gasteiger partial charge on any atom is -0.330 e. The minimum absolute atomic E-state index is 0.720. The molecular weight excluding hydrogens is 114 g/mol. The van der Waals surface area contributed by atoms with Crippen LogP contribution in [0.3, 0.4) is 0 Å². The molecule has 0 aromatic carbocycles. The number of hydrogen-bond donors (Lipinski definition) is 2. The average molecular weight is 129 g/mol. The quantitative estimate of drug-likeness (QED) is 0.523. The summed E-state index contributed by atoms with van der Waals surface area (Å²) < 4.78 is 0. The van der Waals surface area contributed by atoms with Crippen LogP contribution in [0.15, 0.2) is 0 Å². The molecule has 1 aliphatic heterocycles. The standard InChI is InChI=1S/C6H15N3/c1-8-9-3-2-6(4-7)5-9/h6,8H,2-5,7H2,1H3. The van der Waals surface area contributed by atoms with E-state index in [1.807, 2.05) is 7.05 Å². The maximum atomic E-state index is 5.50. The molecule has 1 aliphatic rings. The van der Waals surface area contributed by atoms with Crippen LogP contribution < -0.4 is 11.2 Å². The molecule has 0 bridgehead atoms. The first-order chi connectivity index (χ1) is 4.36. The lowest BCUT2D eigenvalue weighted by molar-refractivity contribution is 0.252. The number of rotatable bonds is 2. The Kier molecular flexibility index (Phi) is 2.45. The van der Waals surface area contributed by atoms with Gasteiger partial charge in [0, 0.05) is 13.1 Å². The predicted molar refractivity (Wildman–Crippen MR) is 37.8 cm³/mol. The van der Waals surface area contributed by atoms with Gasteiger partial charge < -0.3 is 5.73 Å². The average Bonchev–Trinajstić information content (AvgIpc) is 2.34. The van der Waals surface area contributed by atoms with Gasteiger partial charge in [-0.25, -0.2) is 5.01 Å². The van der Waals surface area contributed by atoms with Crippen molar-refractivity contribution in [2.24, 2.45) is 11.7 Å². The third-order valence-electron chi connectivity index (χ3n) is 1.94. The molecule has 0 amide bonds. The van der Waals surface area contributed by atoms with E-state index in [9.17, 15) is 0 Å². The lowest BCUT2D eigenvalue weighted by Gasteiger charge is -2.12. The van der Waals surface area contributed by atoms with Gasteiger partial charge in [0.15, 0.2) is 0 Å². The summed E-state index contributed by atoms with van der Waals surface area (Å²) in [4.78, 5) is 0. The number of hydrogen-bond acceptors (Lipinski definition) is 3. The zero-order valence-electron chi connectivity index (χ0n) is 5.93. The van der Waals surface area contributed by atoms with E-state index in [0.717, 1.165) is 25.6 Å². The van der Waals surface area contributed by atoms with Crippen molar-refractivity contribution in [2.75, 3.05) is 26.7 Å². The van der Waals surface area contributed by atoms with E-state index in [4.69, 9.17) is 5.73 Å². The molecule has 0 saturated carbocycles. The van der Waals surface area contributed by atoms with Crippen molar-refractivity contribution in [1.29, 1.82) is 0 Å². The number of nitrogens with zero attached hydrogens (tertiary/aromatic N) is 1. The van der Waals surface area contributed by atoms with E-state index in [1.54, 1.807) is 0 Å². The van der Waals surface area contributed by atoms with E-state index >= 15 is 0 Å². The summed E-state index contributed by atoms with van der Waals surface area (Å²) in [6.45, 7) is 3.10. The van der Waals surface area contributed by atoms with Crippen molar-refractivity contribution in [2.45, 2.75) is 6.42 Å². The Labute approximate surface area is 56.2 Å². The SMILES string of the molecule is CNN1CCC(CN)C1. The van der Waals surface area contributed by atoms with Crippen LogP contribution in [0.1, 0.15) is 6.42 Å². The molecule has 0 aromatic rings. The fraction of sp³-hybridized carbons (Fsp3) is 1.00. The van der Waals surface area contributed by atoms with Gasteiger partial charge >= 0.3 is 0 Å². The van der Waals surface area contributed by atoms with E-state index in [0.29, 0.717) is 0 Å². The zero-order chi connectivity index (χ0) is 6.69. The second-order valence-electron chi connectivity index (χ2n) is 2.56. The van der Waals surface area contributed by atoms with Crippen molar-refractivity contribution >= 4 is 0 Å². The molecule has 1 fully saturated rings. The smallest absolute Gasteiger partial charge is 0.0171 e. The van der Waals surface area contributed by atoms with Gasteiger partial charge in [-0.15, -0.1) is 0 Å². The molecule has 0 aliphatic carbocycles. The second-order valence-corrected chi connectivity index (χ2v) is 2.56. The van der Waals surface area contributed by atoms with Crippen molar-refractivity contribution < 1.29 is 0 Å². The van der Waals surface area contributed by atoms with Crippen molar-refractivity contribution in [3.63, 3.8) is 0 Å². The first-order valence-corrected chi connectivity index (χ1v) is 3.49. The van der Waals surface area contributed by atoms with E-state index in [1.165, 1.54) is 6.42 Å². The molecular formula is C6H15N3. The Morgan fingerprint density at radius 2 is 2.56 bits per heavy atom. The summed E-state index contributed by atoms with van der Waals surface area (Å²) in [5.74, 6) is 0.720. The highest BCUT2D eigenvalue weighted by Crippen LogP contribution is 2.11. The van der Waals surface area contributed by atoms with Gasteiger partial charge in [-0.05, 0) is 25.9 Å². The number of nitrogens with two attached hydrogens (primary N) is 1. The Morgan fingerprint density at radius 1 is 1.78 bits per heavy atom. The molecule has 1 rings (SSSR count). The van der Waals surface area contributed by atoms with Crippen LogP contribution in [0.5, 0.6) is 0 Å². The van der Waals surface area contributed by atoms with Gasteiger partial charge in [-0.3, -0.25) is 5.43 Å². The normalized spacial score (nSPS) is 29.3. The highest BCUT2D eigenvalue weighted by Gasteiger charge is 2.18. The van der Waals surface area contributed by atoms with E-state index in [2.05, 4.69) is 10.4 Å². The molecule has 9 heavy (non-hydrogen) atoms. The molecule has 0 radical (unpaired) electrons. The molecule has 3 nitrogen and oxygen atoms in total. The van der Waals surface area contributed by atoms with Gasteiger partial charge in [0.2, 0.25) is 0 Å². The van der Waals surface area contributed by atoms with Gasteiger partial charge in [0.25, 0.3) is 0 Å². The largest absolute Gasteiger partial charge is 0.330 e. The van der Waals surface area contributed by atoms with Crippen LogP contribution in [-0.4, -0.2) is 31.7 Å². The third kappa shape index (κ3) is 1.64. The molecule has 1 saturated heterocycles. The van der Waals surface area contributed by atoms with Gasteiger partial charge in [-0.1, -0.05) is 0 Å². The predicted octanol–water partition coefficient (Wildman–Crippen LogP) is -0.599. The highest BCUT2D eigenvalue weighted by atomic mass is 15.5. The van der Waals surface area contributed by atoms with Crippen LogP contribution in [0, 0.1) is 5.92 Å². The fourth-order valence-corrected chi connectivity index (χ4v) is 1.23. The molecule has 1 unspecified atom stereocenters. The van der Waals surface area contributed by atoms with Gasteiger partial charge in [0.05, 0.1) is 0 Å². The van der Waals surface area contributed by atoms with Crippen LogP contribution in [0.2, 0.25) is 0 Å². The van der Waals surface area contributed by atoms with Crippen LogP contribution in [0.25, 0.3) is 0 Å². The van der Waals surface area contributed by atoms with E-state index < -0.39 is 0 Å². The van der Waals surface area contributed by atoms with Crippen LogP contribution >= 0.6 is 0 Å². The molecule has 3 heteroatoms. The van der Waals surface area contributed by atoms with Gasteiger partial charge in [0.1, 0.15) is 0 Å². The molecule has 54 valence electrons. The summed E-state index contributed by atoms with van der Waals surface area (Å²) in [6, 6.07) is 0. The van der Waals surface area contributed by atoms with Gasteiger partial charge in [-0.2, -0.15) is 0 Å². The summed E-state index contributed by atoms with van der Waals surface area (Å²) in [5.41, 5.74) is 8.60. The Morgan fingerprint density at radius 3 is 2.89 bits per heavy atom. The monoisotopic (exact) mass is 129 g/mol. The summed E-state index contributed by atoms with van der Waals surface area (Å²) in [7, 11) is 1.96. The van der Waals surface area contributed by atoms with Crippen LogP contribution in [-0.2, 0) is 0 Å². The van der Waals surface area contributed by atoms with E-state index in [-0.39, 0.29) is 0 Å². The lowest BCUT2D eigenvalue weighted by Crippen LogP contribution is -2.33. The van der Waals surface area contributed by atoms with Crippen molar-refractivity contribution in [1.82, 2.24) is 10.4 Å². The Hall–Kier alpha value is -0.120. The third-order valence-corrected chi connectivity index (χ3v) is 1.94. The zero-order valence-corrected chi connectivity index (χ0v) is 5.93. The van der Waals surface area contributed by atoms with Crippen molar-refractivity contribution in [3.05, 3.63) is 0 Å². The molecule has 1 atom stereocenters. The fourth-order valence-electron chi connectivity index (χ4n) is 1.23.